The zero-order valence-electron chi connectivity index (χ0n) is 20.3. The van der Waals surface area contributed by atoms with E-state index < -0.39 is 23.8 Å². The Morgan fingerprint density at radius 2 is 1.97 bits per heavy atom. The number of carbonyl (C=O) groups excluding carboxylic acids is 2. The highest BCUT2D eigenvalue weighted by atomic mass is 16.5. The molecule has 2 aromatic rings. The van der Waals surface area contributed by atoms with E-state index in [0.29, 0.717) is 45.6 Å². The lowest BCUT2D eigenvalue weighted by Gasteiger charge is -2.22. The van der Waals surface area contributed by atoms with Crippen molar-refractivity contribution in [1.29, 1.82) is 0 Å². The van der Waals surface area contributed by atoms with Crippen LogP contribution in [0.5, 0.6) is 0 Å². The van der Waals surface area contributed by atoms with E-state index in [-0.39, 0.29) is 18.7 Å². The average molecular weight is 495 g/mol. The minimum atomic E-state index is -1.05. The Morgan fingerprint density at radius 3 is 2.78 bits per heavy atom. The number of nitrogens with zero attached hydrogens (tertiary/aromatic N) is 2. The SMILES string of the molecule is O=C(O)C[C@@H](CCCc1ccncc1)C(=O)NC1Cc2ccccccn(c2)CCOCCNC1=O. The molecule has 9 nitrogen and oxygen atoms in total. The first-order valence-electron chi connectivity index (χ1n) is 12.3. The third-order valence-electron chi connectivity index (χ3n) is 5.92. The van der Waals surface area contributed by atoms with E-state index in [1.807, 2.05) is 59.4 Å². The Morgan fingerprint density at radius 1 is 1.17 bits per heavy atom. The normalized spacial score (nSPS) is 16.9. The van der Waals surface area contributed by atoms with Crippen LogP contribution in [-0.4, -0.2) is 58.2 Å². The number of fused-ring (bicyclic) bond motifs is 2. The first-order chi connectivity index (χ1) is 17.5. The largest absolute Gasteiger partial charge is 0.481 e. The highest BCUT2D eigenvalue weighted by Crippen LogP contribution is 2.16. The van der Waals surface area contributed by atoms with Gasteiger partial charge in [0.05, 0.1) is 19.6 Å². The van der Waals surface area contributed by atoms with Gasteiger partial charge in [0.25, 0.3) is 0 Å². The van der Waals surface area contributed by atoms with Crippen LogP contribution in [0.1, 0.15) is 30.4 Å². The van der Waals surface area contributed by atoms with Crippen LogP contribution in [0.3, 0.4) is 0 Å². The first kappa shape index (κ1) is 26.9. The summed E-state index contributed by atoms with van der Waals surface area (Å²) in [7, 11) is 0. The van der Waals surface area contributed by atoms with E-state index in [1.165, 1.54) is 0 Å². The van der Waals surface area contributed by atoms with Crippen molar-refractivity contribution in [2.45, 2.75) is 44.7 Å². The van der Waals surface area contributed by atoms with Gasteiger partial charge in [0.1, 0.15) is 6.04 Å². The topological polar surface area (TPSA) is 123 Å². The maximum absolute atomic E-state index is 13.2. The van der Waals surface area contributed by atoms with Gasteiger partial charge in [-0.3, -0.25) is 19.4 Å². The second-order valence-electron chi connectivity index (χ2n) is 8.74. The standard InChI is InChI=1S/C27H34N4O5/c32-25(33)19-23(8-5-7-21-9-11-28-12-10-21)26(34)30-24-18-22-6-3-1-2-4-14-31(20-22)15-17-36-16-13-29-27(24)35/h1-4,6,9-12,14,20,23-24H,5,7-8,13,15-19H2,(H,29,35)(H,30,34)(H,32,33)/t23-,24?/m1/s1. The van der Waals surface area contributed by atoms with Gasteiger partial charge in [0, 0.05) is 50.2 Å². The molecule has 0 saturated carbocycles. The minimum absolute atomic E-state index is 0.268. The minimum Gasteiger partial charge on any atom is -0.481 e. The molecule has 0 fully saturated rings. The van der Waals surface area contributed by atoms with Gasteiger partial charge >= 0.3 is 5.97 Å². The van der Waals surface area contributed by atoms with E-state index in [2.05, 4.69) is 15.6 Å². The van der Waals surface area contributed by atoms with E-state index in [9.17, 15) is 19.5 Å². The number of hydrogen-bond acceptors (Lipinski definition) is 5. The molecule has 3 rings (SSSR count). The molecular weight excluding hydrogens is 460 g/mol. The van der Waals surface area contributed by atoms with Gasteiger partial charge in [0.2, 0.25) is 11.8 Å². The van der Waals surface area contributed by atoms with E-state index in [4.69, 9.17) is 4.74 Å². The lowest BCUT2D eigenvalue weighted by molar-refractivity contribution is -0.141. The van der Waals surface area contributed by atoms with Crippen LogP contribution < -0.4 is 10.6 Å². The number of aliphatic carboxylic acids is 1. The third kappa shape index (κ3) is 9.50. The number of ether oxygens (including phenoxy) is 1. The molecule has 1 unspecified atom stereocenters. The number of nitrogens with one attached hydrogen (secondary N) is 2. The number of carboxylic acid groups (broad SMARTS) is 1. The van der Waals surface area contributed by atoms with Crippen molar-refractivity contribution < 1.29 is 24.2 Å². The summed E-state index contributed by atoms with van der Waals surface area (Å²) in [4.78, 5) is 41.7. The van der Waals surface area contributed by atoms with Gasteiger partial charge in [-0.05, 0) is 48.6 Å². The maximum atomic E-state index is 13.2. The highest BCUT2D eigenvalue weighted by molar-refractivity contribution is 5.90. The van der Waals surface area contributed by atoms with Gasteiger partial charge < -0.3 is 25.0 Å². The number of carbonyl (C=O) groups is 3. The zero-order valence-corrected chi connectivity index (χ0v) is 20.3. The van der Waals surface area contributed by atoms with Gasteiger partial charge in [-0.1, -0.05) is 24.3 Å². The molecule has 0 aliphatic carbocycles. The summed E-state index contributed by atoms with van der Waals surface area (Å²) >= 11 is 0. The summed E-state index contributed by atoms with van der Waals surface area (Å²) in [5.41, 5.74) is 1.92. The second kappa shape index (κ2) is 14.6. The molecule has 1 aliphatic heterocycles. The number of rotatable bonds is 8. The number of pyridine rings is 1. The Labute approximate surface area is 211 Å². The van der Waals surface area contributed by atoms with Crippen LogP contribution in [0.2, 0.25) is 0 Å². The summed E-state index contributed by atoms with van der Waals surface area (Å²) in [5.74, 6) is -2.55. The first-order valence-corrected chi connectivity index (χ1v) is 12.3. The molecule has 0 saturated heterocycles. The van der Waals surface area contributed by atoms with Crippen molar-refractivity contribution in [3.63, 3.8) is 0 Å². The molecule has 2 aromatic heterocycles. The van der Waals surface area contributed by atoms with Gasteiger partial charge in [0.15, 0.2) is 0 Å². The highest BCUT2D eigenvalue weighted by Gasteiger charge is 2.27. The molecule has 3 N–H and O–H groups in total. The van der Waals surface area contributed by atoms with E-state index >= 15 is 0 Å². The molecule has 3 heterocycles. The number of amides is 2. The molecule has 36 heavy (non-hydrogen) atoms. The lowest BCUT2D eigenvalue weighted by atomic mass is 9.95. The van der Waals surface area contributed by atoms with Gasteiger partial charge in [-0.25, -0.2) is 0 Å². The molecule has 192 valence electrons. The van der Waals surface area contributed by atoms with Crippen molar-refractivity contribution in [3.8, 4) is 0 Å². The van der Waals surface area contributed by atoms with Crippen molar-refractivity contribution >= 4 is 17.8 Å². The predicted octanol–water partition coefficient (Wildman–Crippen LogP) is 2.29. The summed E-state index contributed by atoms with van der Waals surface area (Å²) in [6, 6.07) is 12.5. The molecule has 1 aliphatic rings. The van der Waals surface area contributed by atoms with Crippen LogP contribution in [0, 0.1) is 5.92 Å². The molecule has 2 amide bonds. The zero-order chi connectivity index (χ0) is 25.6. The Bertz CT molecular complexity index is 1050. The number of hydrogen-bond donors (Lipinski definition) is 3. The van der Waals surface area contributed by atoms with Crippen molar-refractivity contribution in [2.24, 2.45) is 5.92 Å². The molecule has 0 aromatic carbocycles. The number of aromatic nitrogens is 2. The maximum Gasteiger partial charge on any atom is 0.304 e. The molecular formula is C27H34N4O5. The van der Waals surface area contributed by atoms with E-state index in [1.54, 1.807) is 12.4 Å². The van der Waals surface area contributed by atoms with Crippen LogP contribution in [0.25, 0.3) is 0 Å². The molecule has 0 radical (unpaired) electrons. The Hall–Kier alpha value is -3.72. The molecule has 2 bridgehead atoms. The summed E-state index contributed by atoms with van der Waals surface area (Å²) in [6.45, 7) is 1.83. The average Bonchev–Trinajstić information content (AvgIpc) is 2.97. The summed E-state index contributed by atoms with van der Waals surface area (Å²) in [5, 5.41) is 15.1. The fourth-order valence-corrected chi connectivity index (χ4v) is 4.04. The Balaban J connectivity index is 1.76. The van der Waals surface area contributed by atoms with Crippen LogP contribution in [0.4, 0.5) is 0 Å². The summed E-state index contributed by atoms with van der Waals surface area (Å²) in [6.07, 6.45) is 9.00. The molecule has 2 atom stereocenters. The van der Waals surface area contributed by atoms with Crippen molar-refractivity contribution in [2.75, 3.05) is 19.8 Å². The van der Waals surface area contributed by atoms with Gasteiger partial charge in [-0.15, -0.1) is 0 Å². The lowest BCUT2D eigenvalue weighted by Crippen LogP contribution is -2.50. The number of aryl methyl sites for hydroxylation is 1. The molecule has 9 heteroatoms. The second-order valence-corrected chi connectivity index (χ2v) is 8.74. The van der Waals surface area contributed by atoms with Crippen LogP contribution in [0.15, 0.2) is 67.3 Å². The van der Waals surface area contributed by atoms with Crippen LogP contribution in [-0.2, 0) is 38.5 Å². The van der Waals surface area contributed by atoms with Gasteiger partial charge in [-0.2, -0.15) is 0 Å². The summed E-state index contributed by atoms with van der Waals surface area (Å²) < 4.78 is 7.60. The predicted molar refractivity (Wildman–Crippen MR) is 134 cm³/mol. The Kier molecular flexibility index (Phi) is 10.9. The molecule has 0 spiro atoms. The third-order valence-corrected chi connectivity index (χ3v) is 5.92. The fourth-order valence-electron chi connectivity index (χ4n) is 4.04. The quantitative estimate of drug-likeness (QED) is 0.518. The van der Waals surface area contributed by atoms with E-state index in [0.717, 1.165) is 11.1 Å². The van der Waals surface area contributed by atoms with Crippen molar-refractivity contribution in [3.05, 3.63) is 78.4 Å². The van der Waals surface area contributed by atoms with Crippen LogP contribution >= 0.6 is 0 Å². The van der Waals surface area contributed by atoms with Crippen molar-refractivity contribution in [1.82, 2.24) is 20.2 Å². The smallest absolute Gasteiger partial charge is 0.304 e. The fraction of sp³-hybridized carbons (Fsp3) is 0.407. The number of carboxylic acids is 1. The monoisotopic (exact) mass is 494 g/mol.